The Morgan fingerprint density at radius 3 is 2.65 bits per heavy atom. The van der Waals surface area contributed by atoms with Crippen molar-refractivity contribution in [2.45, 2.75) is 31.8 Å². The number of aromatic nitrogens is 1. The fraction of sp³-hybridized carbons (Fsp3) is 0.444. The number of likely N-dealkylation sites (tertiary alicyclic amines) is 1. The molecule has 2 heterocycles. The summed E-state index contributed by atoms with van der Waals surface area (Å²) in [5, 5.41) is 2.65. The minimum Gasteiger partial charge on any atom is -0.445 e. The number of halogens is 2. The summed E-state index contributed by atoms with van der Waals surface area (Å²) in [5.41, 5.74) is 1.79. The molecule has 140 valence electrons. The molecule has 1 fully saturated rings. The summed E-state index contributed by atoms with van der Waals surface area (Å²) in [6.45, 7) is 1.23. The first-order chi connectivity index (χ1) is 12.6. The van der Waals surface area contributed by atoms with Crippen LogP contribution in [0.5, 0.6) is 0 Å². The maximum Gasteiger partial charge on any atom is 0.412 e. The van der Waals surface area contributed by atoms with Crippen LogP contribution in [0.15, 0.2) is 41.3 Å². The van der Waals surface area contributed by atoms with Crippen molar-refractivity contribution in [2.75, 3.05) is 25.0 Å². The van der Waals surface area contributed by atoms with Gasteiger partial charge in [-0.05, 0) is 49.5 Å². The first-order valence-corrected chi connectivity index (χ1v) is 8.52. The third kappa shape index (κ3) is 5.26. The van der Waals surface area contributed by atoms with E-state index in [1.54, 1.807) is 0 Å². The van der Waals surface area contributed by atoms with Gasteiger partial charge in [-0.25, -0.2) is 18.6 Å². The lowest BCUT2D eigenvalue weighted by Gasteiger charge is -2.31. The molecule has 6 nitrogen and oxygen atoms in total. The van der Waals surface area contributed by atoms with Crippen molar-refractivity contribution >= 4 is 11.8 Å². The van der Waals surface area contributed by atoms with Gasteiger partial charge in [0, 0.05) is 5.69 Å². The Morgan fingerprint density at radius 2 is 2.04 bits per heavy atom. The highest BCUT2D eigenvalue weighted by Crippen LogP contribution is 2.29. The minimum atomic E-state index is -2.28. The Hall–Kier alpha value is -2.48. The molecule has 0 unspecified atom stereocenters. The number of nitrogens with zero attached hydrogens (tertiary/aromatic N) is 2. The van der Waals surface area contributed by atoms with Gasteiger partial charge >= 0.3 is 6.09 Å². The average Bonchev–Trinajstić information content (AvgIpc) is 3.14. The van der Waals surface area contributed by atoms with Crippen molar-refractivity contribution in [3.63, 3.8) is 0 Å². The lowest BCUT2D eigenvalue weighted by molar-refractivity contribution is 0.0754. The Balaban J connectivity index is 1.45. The number of hydrogen-bond acceptors (Lipinski definition) is 5. The first kappa shape index (κ1) is 18.3. The molecule has 3 rings (SSSR count). The number of piperidine rings is 1. The number of anilines is 1. The Labute approximate surface area is 150 Å². The summed E-state index contributed by atoms with van der Waals surface area (Å²) >= 11 is 0. The van der Waals surface area contributed by atoms with Gasteiger partial charge in [-0.1, -0.05) is 12.1 Å². The van der Waals surface area contributed by atoms with E-state index >= 15 is 0 Å². The molecule has 1 aromatic carbocycles. The topological polar surface area (TPSA) is 67.6 Å². The van der Waals surface area contributed by atoms with E-state index in [1.807, 2.05) is 29.2 Å². The fourth-order valence-corrected chi connectivity index (χ4v) is 3.09. The molecule has 8 heteroatoms. The van der Waals surface area contributed by atoms with E-state index < -0.39 is 12.5 Å². The van der Waals surface area contributed by atoms with Gasteiger partial charge in [-0.3, -0.25) is 10.2 Å². The standard InChI is InChI=1S/C18H21F2N3O3/c19-17(20)10-23-7-5-14(6-8-23)13-1-3-15(4-2-13)22-18(24)25-11-16-9-21-12-26-16/h1-4,9,12,14,17H,5-8,10-11H2,(H,22,24). The summed E-state index contributed by atoms with van der Waals surface area (Å²) in [6.07, 6.45) is 1.62. The van der Waals surface area contributed by atoms with Crippen LogP contribution in [0.2, 0.25) is 0 Å². The monoisotopic (exact) mass is 365 g/mol. The van der Waals surface area contributed by atoms with E-state index in [0.29, 0.717) is 30.5 Å². The molecular formula is C18H21F2N3O3. The number of carbonyl (C=O) groups is 1. The predicted molar refractivity (Wildman–Crippen MR) is 91.2 cm³/mol. The van der Waals surface area contributed by atoms with E-state index in [0.717, 1.165) is 18.4 Å². The Morgan fingerprint density at radius 1 is 1.31 bits per heavy atom. The summed E-state index contributed by atoms with van der Waals surface area (Å²) in [6, 6.07) is 7.55. The third-order valence-corrected chi connectivity index (χ3v) is 4.44. The van der Waals surface area contributed by atoms with Crippen LogP contribution in [0.4, 0.5) is 19.3 Å². The second-order valence-electron chi connectivity index (χ2n) is 6.26. The highest BCUT2D eigenvalue weighted by molar-refractivity contribution is 5.84. The number of benzene rings is 1. The van der Waals surface area contributed by atoms with Crippen molar-refractivity contribution in [3.05, 3.63) is 48.2 Å². The van der Waals surface area contributed by atoms with Gasteiger partial charge in [0.1, 0.15) is 0 Å². The number of carbonyl (C=O) groups excluding carboxylic acids is 1. The molecule has 1 saturated heterocycles. The summed E-state index contributed by atoms with van der Waals surface area (Å²) in [7, 11) is 0. The van der Waals surface area contributed by atoms with Crippen LogP contribution in [0.3, 0.4) is 0 Å². The molecule has 0 bridgehead atoms. The van der Waals surface area contributed by atoms with Gasteiger partial charge in [0.2, 0.25) is 0 Å². The second-order valence-corrected chi connectivity index (χ2v) is 6.26. The smallest absolute Gasteiger partial charge is 0.412 e. The van der Waals surface area contributed by atoms with Crippen molar-refractivity contribution in [3.8, 4) is 0 Å². The van der Waals surface area contributed by atoms with Crippen LogP contribution in [0, 0.1) is 0 Å². The molecule has 0 spiro atoms. The number of nitrogens with one attached hydrogen (secondary N) is 1. The summed E-state index contributed by atoms with van der Waals surface area (Å²) < 4.78 is 34.9. The van der Waals surface area contributed by atoms with Gasteiger partial charge in [-0.15, -0.1) is 0 Å². The largest absolute Gasteiger partial charge is 0.445 e. The van der Waals surface area contributed by atoms with Gasteiger partial charge in [0.25, 0.3) is 6.43 Å². The molecule has 0 aliphatic carbocycles. The third-order valence-electron chi connectivity index (χ3n) is 4.44. The summed E-state index contributed by atoms with van der Waals surface area (Å²) in [5.74, 6) is 0.824. The number of alkyl halides is 2. The van der Waals surface area contributed by atoms with Crippen LogP contribution in [-0.2, 0) is 11.3 Å². The van der Waals surface area contributed by atoms with Crippen molar-refractivity contribution < 1.29 is 22.7 Å². The average molecular weight is 365 g/mol. The Kier molecular flexibility index (Phi) is 6.17. The Bertz CT molecular complexity index is 684. The maximum absolute atomic E-state index is 12.4. The highest BCUT2D eigenvalue weighted by atomic mass is 19.3. The number of ether oxygens (including phenoxy) is 1. The molecule has 0 saturated carbocycles. The molecule has 1 N–H and O–H groups in total. The van der Waals surface area contributed by atoms with Crippen molar-refractivity contribution in [2.24, 2.45) is 0 Å². The number of hydrogen-bond donors (Lipinski definition) is 1. The normalized spacial score (nSPS) is 16.0. The lowest BCUT2D eigenvalue weighted by atomic mass is 9.89. The first-order valence-electron chi connectivity index (χ1n) is 8.52. The maximum atomic E-state index is 12.4. The zero-order valence-electron chi connectivity index (χ0n) is 14.2. The van der Waals surface area contributed by atoms with E-state index in [4.69, 9.17) is 9.15 Å². The zero-order valence-corrected chi connectivity index (χ0v) is 14.2. The number of rotatable bonds is 6. The van der Waals surface area contributed by atoms with Gasteiger partial charge < -0.3 is 9.15 Å². The number of oxazole rings is 1. The van der Waals surface area contributed by atoms with Gasteiger partial charge in [0.15, 0.2) is 18.8 Å². The van der Waals surface area contributed by atoms with Crippen LogP contribution < -0.4 is 5.32 Å². The van der Waals surface area contributed by atoms with Crippen LogP contribution >= 0.6 is 0 Å². The fourth-order valence-electron chi connectivity index (χ4n) is 3.09. The molecule has 1 aromatic heterocycles. The van der Waals surface area contributed by atoms with E-state index in [1.165, 1.54) is 12.6 Å². The van der Waals surface area contributed by atoms with Crippen LogP contribution in [-0.4, -0.2) is 42.0 Å². The zero-order chi connectivity index (χ0) is 18.4. The molecular weight excluding hydrogens is 344 g/mol. The quantitative estimate of drug-likeness (QED) is 0.842. The predicted octanol–water partition coefficient (Wildman–Crippen LogP) is 3.87. The van der Waals surface area contributed by atoms with Gasteiger partial charge in [0.05, 0.1) is 12.7 Å². The van der Waals surface area contributed by atoms with Crippen molar-refractivity contribution in [1.82, 2.24) is 9.88 Å². The molecule has 2 aromatic rings. The molecule has 0 radical (unpaired) electrons. The molecule has 1 aliphatic rings. The van der Waals surface area contributed by atoms with E-state index in [-0.39, 0.29) is 13.2 Å². The molecule has 26 heavy (non-hydrogen) atoms. The van der Waals surface area contributed by atoms with Crippen LogP contribution in [0.1, 0.15) is 30.1 Å². The SMILES string of the molecule is O=C(Nc1ccc(C2CCN(CC(F)F)CC2)cc1)OCc1cnco1. The second kappa shape index (κ2) is 8.75. The molecule has 1 amide bonds. The van der Waals surface area contributed by atoms with E-state index in [2.05, 4.69) is 10.3 Å². The minimum absolute atomic E-state index is 0.0150. The van der Waals surface area contributed by atoms with Gasteiger partial charge in [-0.2, -0.15) is 0 Å². The number of amides is 1. The van der Waals surface area contributed by atoms with E-state index in [9.17, 15) is 13.6 Å². The van der Waals surface area contributed by atoms with Crippen LogP contribution in [0.25, 0.3) is 0 Å². The molecule has 0 atom stereocenters. The molecule has 1 aliphatic heterocycles. The highest BCUT2D eigenvalue weighted by Gasteiger charge is 2.22. The van der Waals surface area contributed by atoms with Crippen molar-refractivity contribution in [1.29, 1.82) is 0 Å². The summed E-state index contributed by atoms with van der Waals surface area (Å²) in [4.78, 5) is 17.3. The lowest BCUT2D eigenvalue weighted by Crippen LogP contribution is -2.36.